The van der Waals surface area contributed by atoms with Crippen LogP contribution >= 0.6 is 11.3 Å². The molecule has 0 aliphatic carbocycles. The molecule has 1 aromatic heterocycles. The van der Waals surface area contributed by atoms with E-state index in [0.717, 1.165) is 0 Å². The van der Waals surface area contributed by atoms with Gasteiger partial charge in [-0.3, -0.25) is 0 Å². The van der Waals surface area contributed by atoms with Crippen LogP contribution in [0.4, 0.5) is 0 Å². The Morgan fingerprint density at radius 1 is 0.625 bits per heavy atom. The van der Waals surface area contributed by atoms with Gasteiger partial charge in [-0.05, 0) is 56.8 Å². The summed E-state index contributed by atoms with van der Waals surface area (Å²) in [7, 11) is 0. The van der Waals surface area contributed by atoms with E-state index in [2.05, 4.69) is 111 Å². The standard InChI is InChI=1S/C31H22S/c1-3-21-23-11-4-5-12-24(23)25-13-6-7-14-26(25)29(21)19-20(2)22-16-10-17-28-27-15-8-9-18-30(27)32-31(22)28/h3-19H,1H2,2H3/b20-19+. The Hall–Kier alpha value is -3.68. The summed E-state index contributed by atoms with van der Waals surface area (Å²) in [6.07, 6.45) is 4.36. The van der Waals surface area contributed by atoms with Crippen molar-refractivity contribution in [2.75, 3.05) is 0 Å². The van der Waals surface area contributed by atoms with Crippen LogP contribution in [0.1, 0.15) is 23.6 Å². The fourth-order valence-corrected chi connectivity index (χ4v) is 6.20. The number of benzene rings is 5. The third-order valence-corrected chi connectivity index (χ3v) is 7.63. The molecule has 0 aliphatic rings. The zero-order valence-corrected chi connectivity index (χ0v) is 18.7. The van der Waals surface area contributed by atoms with Gasteiger partial charge in [-0.25, -0.2) is 0 Å². The van der Waals surface area contributed by atoms with Gasteiger partial charge in [-0.15, -0.1) is 11.3 Å². The summed E-state index contributed by atoms with van der Waals surface area (Å²) < 4.78 is 2.69. The summed E-state index contributed by atoms with van der Waals surface area (Å²) in [5.74, 6) is 0. The third kappa shape index (κ3) is 2.82. The van der Waals surface area contributed by atoms with Gasteiger partial charge in [0.25, 0.3) is 0 Å². The first-order chi connectivity index (χ1) is 15.8. The molecular weight excluding hydrogens is 404 g/mol. The van der Waals surface area contributed by atoms with Gasteiger partial charge in [0, 0.05) is 20.2 Å². The second-order valence-electron chi connectivity index (χ2n) is 8.23. The minimum absolute atomic E-state index is 1.20. The van der Waals surface area contributed by atoms with Gasteiger partial charge >= 0.3 is 0 Å². The van der Waals surface area contributed by atoms with E-state index in [-0.39, 0.29) is 0 Å². The molecule has 0 N–H and O–H groups in total. The van der Waals surface area contributed by atoms with Crippen molar-refractivity contribution in [2.24, 2.45) is 0 Å². The van der Waals surface area contributed by atoms with E-state index in [9.17, 15) is 0 Å². The van der Waals surface area contributed by atoms with Crippen molar-refractivity contribution in [3.8, 4) is 0 Å². The van der Waals surface area contributed by atoms with E-state index in [1.54, 1.807) is 0 Å². The van der Waals surface area contributed by atoms with Crippen LogP contribution in [0.25, 0.3) is 59.4 Å². The summed E-state index contributed by atoms with van der Waals surface area (Å²) in [5.41, 5.74) is 5.01. The highest BCUT2D eigenvalue weighted by molar-refractivity contribution is 7.26. The van der Waals surface area contributed by atoms with Crippen molar-refractivity contribution in [1.82, 2.24) is 0 Å². The monoisotopic (exact) mass is 426 g/mol. The minimum atomic E-state index is 1.20. The Morgan fingerprint density at radius 3 is 1.88 bits per heavy atom. The lowest BCUT2D eigenvalue weighted by Crippen LogP contribution is -1.90. The molecule has 0 saturated carbocycles. The normalized spacial score (nSPS) is 12.2. The average molecular weight is 427 g/mol. The topological polar surface area (TPSA) is 0 Å². The highest BCUT2D eigenvalue weighted by atomic mass is 32.1. The largest absolute Gasteiger partial charge is 0.135 e. The van der Waals surface area contributed by atoms with Gasteiger partial charge in [-0.1, -0.05) is 104 Å². The Kier molecular flexibility index (Phi) is 4.45. The molecule has 0 radical (unpaired) electrons. The Balaban J connectivity index is 1.67. The number of hydrogen-bond donors (Lipinski definition) is 0. The Bertz CT molecular complexity index is 1690. The molecule has 6 rings (SSSR count). The lowest BCUT2D eigenvalue weighted by molar-refractivity contribution is 1.65. The average Bonchev–Trinajstić information content (AvgIpc) is 3.23. The molecule has 0 amide bonds. The van der Waals surface area contributed by atoms with E-state index in [0.29, 0.717) is 0 Å². The lowest BCUT2D eigenvalue weighted by atomic mass is 9.90. The molecule has 1 heterocycles. The summed E-state index contributed by atoms with van der Waals surface area (Å²) in [6.45, 7) is 6.41. The smallest absolute Gasteiger partial charge is 0.0430 e. The first-order valence-corrected chi connectivity index (χ1v) is 11.7. The first kappa shape index (κ1) is 19.0. The lowest BCUT2D eigenvalue weighted by Gasteiger charge is -2.14. The number of allylic oxidation sites excluding steroid dienone is 1. The van der Waals surface area contributed by atoms with Crippen molar-refractivity contribution >= 4 is 70.8 Å². The maximum atomic E-state index is 4.18. The van der Waals surface area contributed by atoms with E-state index in [1.165, 1.54) is 64.0 Å². The van der Waals surface area contributed by atoms with Crippen LogP contribution in [-0.4, -0.2) is 0 Å². The van der Waals surface area contributed by atoms with Gasteiger partial charge in [0.05, 0.1) is 0 Å². The SMILES string of the molecule is C=Cc1c(/C=C(\C)c2cccc3c2sc2ccccc23)c2ccccc2c2ccccc12. The quantitative estimate of drug-likeness (QED) is 0.195. The molecule has 0 atom stereocenters. The fraction of sp³-hybridized carbons (Fsp3) is 0.0323. The second-order valence-corrected chi connectivity index (χ2v) is 9.28. The van der Waals surface area contributed by atoms with Crippen molar-refractivity contribution in [2.45, 2.75) is 6.92 Å². The van der Waals surface area contributed by atoms with Crippen molar-refractivity contribution in [1.29, 1.82) is 0 Å². The van der Waals surface area contributed by atoms with Crippen LogP contribution in [-0.2, 0) is 0 Å². The Labute approximate surface area is 191 Å². The van der Waals surface area contributed by atoms with Gasteiger partial charge in [0.1, 0.15) is 0 Å². The number of thiophene rings is 1. The van der Waals surface area contributed by atoms with E-state index < -0.39 is 0 Å². The predicted octanol–water partition coefficient (Wildman–Crippen LogP) is 9.56. The van der Waals surface area contributed by atoms with Gasteiger partial charge < -0.3 is 0 Å². The van der Waals surface area contributed by atoms with Crippen LogP contribution in [0.5, 0.6) is 0 Å². The third-order valence-electron chi connectivity index (χ3n) is 6.41. The van der Waals surface area contributed by atoms with Gasteiger partial charge in [0.2, 0.25) is 0 Å². The molecule has 0 fully saturated rings. The molecule has 0 nitrogen and oxygen atoms in total. The molecule has 5 aromatic carbocycles. The molecule has 0 unspecified atom stereocenters. The number of fused-ring (bicyclic) bond motifs is 6. The molecule has 0 bridgehead atoms. The zero-order valence-electron chi connectivity index (χ0n) is 17.9. The molecule has 0 aliphatic heterocycles. The molecule has 1 heteroatoms. The Morgan fingerprint density at radius 2 is 1.19 bits per heavy atom. The predicted molar refractivity (Wildman–Crippen MR) is 144 cm³/mol. The summed E-state index contributed by atoms with van der Waals surface area (Å²) in [5, 5.41) is 7.75. The van der Waals surface area contributed by atoms with Crippen molar-refractivity contribution in [3.05, 3.63) is 114 Å². The zero-order chi connectivity index (χ0) is 21.7. The fourth-order valence-electron chi connectivity index (χ4n) is 4.92. The van der Waals surface area contributed by atoms with Gasteiger partial charge in [0.15, 0.2) is 0 Å². The molecule has 0 spiro atoms. The van der Waals surface area contributed by atoms with Gasteiger partial charge in [-0.2, -0.15) is 0 Å². The van der Waals surface area contributed by atoms with Crippen molar-refractivity contribution in [3.63, 3.8) is 0 Å². The molecule has 6 aromatic rings. The molecule has 0 saturated heterocycles. The van der Waals surface area contributed by atoms with E-state index in [1.807, 2.05) is 17.4 Å². The maximum Gasteiger partial charge on any atom is 0.0430 e. The highest BCUT2D eigenvalue weighted by Crippen LogP contribution is 2.40. The summed E-state index contributed by atoms with van der Waals surface area (Å²) in [6, 6.07) is 32.7. The van der Waals surface area contributed by atoms with Crippen LogP contribution < -0.4 is 0 Å². The maximum absolute atomic E-state index is 4.18. The number of rotatable bonds is 3. The van der Waals surface area contributed by atoms with Crippen LogP contribution in [0.2, 0.25) is 0 Å². The van der Waals surface area contributed by atoms with Crippen LogP contribution in [0.3, 0.4) is 0 Å². The second kappa shape index (κ2) is 7.47. The molecular formula is C31H22S. The van der Waals surface area contributed by atoms with Crippen molar-refractivity contribution < 1.29 is 0 Å². The molecule has 32 heavy (non-hydrogen) atoms. The minimum Gasteiger partial charge on any atom is -0.135 e. The summed E-state index contributed by atoms with van der Waals surface area (Å²) >= 11 is 1.88. The van der Waals surface area contributed by atoms with E-state index in [4.69, 9.17) is 0 Å². The van der Waals surface area contributed by atoms with E-state index >= 15 is 0 Å². The highest BCUT2D eigenvalue weighted by Gasteiger charge is 2.13. The number of hydrogen-bond acceptors (Lipinski definition) is 1. The van der Waals surface area contributed by atoms with Crippen LogP contribution in [0.15, 0.2) is 97.6 Å². The summed E-state index contributed by atoms with van der Waals surface area (Å²) in [4.78, 5) is 0. The first-order valence-electron chi connectivity index (χ1n) is 10.9. The molecule has 152 valence electrons. The van der Waals surface area contributed by atoms with Crippen LogP contribution in [0, 0.1) is 0 Å².